The molecule has 0 bridgehead atoms. The predicted octanol–water partition coefficient (Wildman–Crippen LogP) is 3.19. The van der Waals surface area contributed by atoms with Crippen LogP contribution >= 0.6 is 15.9 Å². The Bertz CT molecular complexity index is 595. The summed E-state index contributed by atoms with van der Waals surface area (Å²) >= 11 is 3.44. The van der Waals surface area contributed by atoms with Gasteiger partial charge in [-0.3, -0.25) is 4.79 Å². The van der Waals surface area contributed by atoms with Crippen molar-refractivity contribution in [3.05, 3.63) is 33.8 Å². The van der Waals surface area contributed by atoms with Crippen LogP contribution in [0.25, 0.3) is 6.08 Å². The van der Waals surface area contributed by atoms with Crippen molar-refractivity contribution in [1.82, 2.24) is 0 Å². The molecule has 0 amide bonds. The molecule has 0 unspecified atom stereocenters. The molecular weight excluding hydrogens is 334 g/mol. The van der Waals surface area contributed by atoms with Gasteiger partial charge in [-0.25, -0.2) is 4.79 Å². The highest BCUT2D eigenvalue weighted by atomic mass is 79.9. The Morgan fingerprint density at radius 3 is 2.86 bits per heavy atom. The van der Waals surface area contributed by atoms with Gasteiger partial charge >= 0.3 is 5.97 Å². The molecule has 1 aliphatic heterocycles. The monoisotopic (exact) mass is 351 g/mol. The molecule has 2 rings (SSSR count). The van der Waals surface area contributed by atoms with Crippen LogP contribution < -0.4 is 4.90 Å². The number of hydrogen-bond acceptors (Lipinski definition) is 4. The molecule has 1 aromatic rings. The maximum absolute atomic E-state index is 11.7. The molecule has 1 heterocycles. The number of carbonyl (C=O) groups is 2. The van der Waals surface area contributed by atoms with E-state index in [1.54, 1.807) is 19.9 Å². The molecule has 1 fully saturated rings. The van der Waals surface area contributed by atoms with E-state index in [-0.39, 0.29) is 11.8 Å². The van der Waals surface area contributed by atoms with Gasteiger partial charge in [0.1, 0.15) is 0 Å². The zero-order chi connectivity index (χ0) is 15.4. The first kappa shape index (κ1) is 15.8. The second kappa shape index (κ2) is 6.89. The lowest BCUT2D eigenvalue weighted by Crippen LogP contribution is -2.20. The summed E-state index contributed by atoms with van der Waals surface area (Å²) < 4.78 is 5.93. The number of esters is 1. The molecule has 4 nitrogen and oxygen atoms in total. The molecule has 0 saturated carbocycles. The Morgan fingerprint density at radius 1 is 1.48 bits per heavy atom. The Kier molecular flexibility index (Phi) is 5.17. The molecule has 112 valence electrons. The van der Waals surface area contributed by atoms with Gasteiger partial charge in [0.2, 0.25) is 0 Å². The highest BCUT2D eigenvalue weighted by molar-refractivity contribution is 9.10. The van der Waals surface area contributed by atoms with Gasteiger partial charge in [-0.15, -0.1) is 0 Å². The Labute approximate surface area is 132 Å². The van der Waals surface area contributed by atoms with Gasteiger partial charge in [-0.2, -0.15) is 0 Å². The fourth-order valence-corrected chi connectivity index (χ4v) is 2.68. The highest BCUT2D eigenvalue weighted by Gasteiger charge is 2.21. The Balaban J connectivity index is 2.33. The summed E-state index contributed by atoms with van der Waals surface area (Å²) in [5, 5.41) is 0. The zero-order valence-electron chi connectivity index (χ0n) is 12.2. The first-order valence-corrected chi connectivity index (χ1v) is 7.72. The van der Waals surface area contributed by atoms with Crippen molar-refractivity contribution >= 4 is 39.4 Å². The van der Waals surface area contributed by atoms with E-state index in [2.05, 4.69) is 15.9 Å². The molecule has 0 N–H and O–H groups in total. The standard InChI is InChI=1S/C16H18BrNO3/c1-3-21-16(20)11(2)8-12-9-13(17)4-5-15(12)18-7-6-14(19)10-18/h4-5,8-9H,3,6-7,10H2,1-2H3. The number of carbonyl (C=O) groups excluding carboxylic acids is 2. The predicted molar refractivity (Wildman–Crippen MR) is 86.3 cm³/mol. The average Bonchev–Trinajstić information content (AvgIpc) is 2.85. The maximum atomic E-state index is 11.7. The van der Waals surface area contributed by atoms with Gasteiger partial charge in [0.15, 0.2) is 5.78 Å². The number of ether oxygens (including phenoxy) is 1. The lowest BCUT2D eigenvalue weighted by Gasteiger charge is -2.20. The van der Waals surface area contributed by atoms with E-state index in [4.69, 9.17) is 4.74 Å². The summed E-state index contributed by atoms with van der Waals surface area (Å²) in [4.78, 5) is 25.3. The summed E-state index contributed by atoms with van der Waals surface area (Å²) in [6.45, 7) is 5.03. The van der Waals surface area contributed by atoms with E-state index in [1.165, 1.54) is 0 Å². The van der Waals surface area contributed by atoms with E-state index in [0.717, 1.165) is 22.3 Å². The molecule has 0 radical (unpaired) electrons. The molecule has 5 heteroatoms. The summed E-state index contributed by atoms with van der Waals surface area (Å²) in [5.41, 5.74) is 2.42. The third kappa shape index (κ3) is 3.94. The van der Waals surface area contributed by atoms with Crippen molar-refractivity contribution in [3.8, 4) is 0 Å². The van der Waals surface area contributed by atoms with E-state index in [0.29, 0.717) is 25.1 Å². The van der Waals surface area contributed by atoms with Gasteiger partial charge in [0.25, 0.3) is 0 Å². The van der Waals surface area contributed by atoms with Gasteiger partial charge < -0.3 is 9.64 Å². The molecular formula is C16H18BrNO3. The molecule has 1 saturated heterocycles. The van der Waals surface area contributed by atoms with Crippen LogP contribution in [0.15, 0.2) is 28.2 Å². The number of anilines is 1. The SMILES string of the molecule is CCOC(=O)C(C)=Cc1cc(Br)ccc1N1CCC(=O)C1. The third-order valence-electron chi connectivity index (χ3n) is 3.33. The van der Waals surface area contributed by atoms with E-state index in [9.17, 15) is 9.59 Å². The highest BCUT2D eigenvalue weighted by Crippen LogP contribution is 2.28. The summed E-state index contributed by atoms with van der Waals surface area (Å²) in [5.74, 6) is -0.0733. The first-order chi connectivity index (χ1) is 10.0. The fourth-order valence-electron chi connectivity index (χ4n) is 2.30. The Morgan fingerprint density at radius 2 is 2.24 bits per heavy atom. The first-order valence-electron chi connectivity index (χ1n) is 6.93. The second-order valence-electron chi connectivity index (χ2n) is 4.96. The van der Waals surface area contributed by atoms with Crippen LogP contribution in [-0.2, 0) is 14.3 Å². The van der Waals surface area contributed by atoms with E-state index in [1.807, 2.05) is 23.1 Å². The van der Waals surface area contributed by atoms with Crippen molar-refractivity contribution in [3.63, 3.8) is 0 Å². The number of hydrogen-bond donors (Lipinski definition) is 0. The molecule has 0 aromatic heterocycles. The number of benzene rings is 1. The normalized spacial score (nSPS) is 15.5. The zero-order valence-corrected chi connectivity index (χ0v) is 13.8. The summed E-state index contributed by atoms with van der Waals surface area (Å²) in [6, 6.07) is 5.85. The number of nitrogens with zero attached hydrogens (tertiary/aromatic N) is 1. The van der Waals surface area contributed by atoms with Crippen molar-refractivity contribution in [1.29, 1.82) is 0 Å². The van der Waals surface area contributed by atoms with Crippen LogP contribution in [0.5, 0.6) is 0 Å². The minimum absolute atomic E-state index is 0.245. The van der Waals surface area contributed by atoms with Gasteiger partial charge in [-0.05, 0) is 43.7 Å². The van der Waals surface area contributed by atoms with Crippen molar-refractivity contribution < 1.29 is 14.3 Å². The maximum Gasteiger partial charge on any atom is 0.333 e. The summed E-state index contributed by atoms with van der Waals surface area (Å²) in [6.07, 6.45) is 2.39. The molecule has 1 aliphatic rings. The van der Waals surface area contributed by atoms with Crippen LogP contribution in [0, 0.1) is 0 Å². The minimum atomic E-state index is -0.319. The van der Waals surface area contributed by atoms with Crippen LogP contribution in [-0.4, -0.2) is 31.4 Å². The van der Waals surface area contributed by atoms with Gasteiger partial charge in [0.05, 0.1) is 13.2 Å². The van der Waals surface area contributed by atoms with E-state index < -0.39 is 0 Å². The minimum Gasteiger partial charge on any atom is -0.463 e. The smallest absolute Gasteiger partial charge is 0.333 e. The second-order valence-corrected chi connectivity index (χ2v) is 5.88. The number of halogens is 1. The lowest BCUT2D eigenvalue weighted by atomic mass is 10.1. The largest absolute Gasteiger partial charge is 0.463 e. The van der Waals surface area contributed by atoms with Gasteiger partial charge in [0, 0.05) is 28.7 Å². The number of ketones is 1. The van der Waals surface area contributed by atoms with Crippen LogP contribution in [0.2, 0.25) is 0 Å². The topological polar surface area (TPSA) is 46.6 Å². The molecule has 0 spiro atoms. The quantitative estimate of drug-likeness (QED) is 0.617. The lowest BCUT2D eigenvalue weighted by molar-refractivity contribution is -0.138. The van der Waals surface area contributed by atoms with Crippen LogP contribution in [0.4, 0.5) is 5.69 Å². The molecule has 1 aromatic carbocycles. The number of Topliss-reactive ketones (excluding diaryl/α,β-unsaturated/α-hetero) is 1. The molecule has 21 heavy (non-hydrogen) atoms. The van der Waals surface area contributed by atoms with Crippen LogP contribution in [0.3, 0.4) is 0 Å². The van der Waals surface area contributed by atoms with Crippen molar-refractivity contribution in [2.45, 2.75) is 20.3 Å². The fraction of sp³-hybridized carbons (Fsp3) is 0.375. The Hall–Kier alpha value is -1.62. The van der Waals surface area contributed by atoms with Crippen LogP contribution in [0.1, 0.15) is 25.8 Å². The molecule has 0 aliphatic carbocycles. The number of rotatable bonds is 4. The van der Waals surface area contributed by atoms with Gasteiger partial charge in [-0.1, -0.05) is 15.9 Å². The summed E-state index contributed by atoms with van der Waals surface area (Å²) in [7, 11) is 0. The van der Waals surface area contributed by atoms with Crippen molar-refractivity contribution in [2.24, 2.45) is 0 Å². The molecule has 0 atom stereocenters. The third-order valence-corrected chi connectivity index (χ3v) is 3.82. The van der Waals surface area contributed by atoms with Crippen molar-refractivity contribution in [2.75, 3.05) is 24.6 Å². The average molecular weight is 352 g/mol. The van der Waals surface area contributed by atoms with E-state index >= 15 is 0 Å².